The number of amides is 1. The van der Waals surface area contributed by atoms with Crippen molar-refractivity contribution < 1.29 is 4.79 Å². The number of para-hydroxylation sites is 1. The highest BCUT2D eigenvalue weighted by Crippen LogP contribution is 2.00. The molecule has 0 unspecified atom stereocenters. The highest BCUT2D eigenvalue weighted by atomic mass is 16.1. The Morgan fingerprint density at radius 1 is 1.56 bits per heavy atom. The summed E-state index contributed by atoms with van der Waals surface area (Å²) in [5.41, 5.74) is 0.646. The number of hydrogen-bond acceptors (Lipinski definition) is 1. The van der Waals surface area contributed by atoms with Gasteiger partial charge in [-0.3, -0.25) is 4.79 Å². The summed E-state index contributed by atoms with van der Waals surface area (Å²) >= 11 is 0. The lowest BCUT2D eigenvalue weighted by atomic mass is 10.3. The van der Waals surface area contributed by atoms with Crippen molar-refractivity contribution in [3.63, 3.8) is 0 Å². The number of nitrogens with one attached hydrogen (secondary N) is 1. The number of benzene rings is 1. The number of rotatable bonds is 2. The zero-order valence-corrected chi connectivity index (χ0v) is 4.72. The van der Waals surface area contributed by atoms with Crippen LogP contribution in [0, 0.1) is 6.07 Å². The van der Waals surface area contributed by atoms with Crippen LogP contribution in [-0.4, -0.2) is 6.41 Å². The van der Waals surface area contributed by atoms with Crippen LogP contribution in [-0.2, 0) is 4.79 Å². The van der Waals surface area contributed by atoms with Gasteiger partial charge in [0.25, 0.3) is 0 Å². The average molecular weight is 119 g/mol. The van der Waals surface area contributed by atoms with Crippen molar-refractivity contribution in [3.8, 4) is 0 Å². The van der Waals surface area contributed by atoms with Gasteiger partial charge in [0.05, 0.1) is 0 Å². The summed E-state index contributed by atoms with van der Waals surface area (Å²) in [7, 11) is 0. The highest BCUT2D eigenvalue weighted by Gasteiger charge is 1.83. The van der Waals surface area contributed by atoms with Crippen LogP contribution in [0.1, 0.15) is 0 Å². The first-order valence-corrected chi connectivity index (χ1v) is 2.53. The molecule has 9 heavy (non-hydrogen) atoms. The van der Waals surface area contributed by atoms with Crippen LogP contribution in [0.25, 0.3) is 0 Å². The summed E-state index contributed by atoms with van der Waals surface area (Å²) in [5.74, 6) is 0. The van der Waals surface area contributed by atoms with Crippen LogP contribution >= 0.6 is 0 Å². The van der Waals surface area contributed by atoms with E-state index in [0.29, 0.717) is 5.69 Å². The summed E-state index contributed by atoms with van der Waals surface area (Å²) < 4.78 is 0. The van der Waals surface area contributed by atoms with Crippen molar-refractivity contribution in [2.75, 3.05) is 5.32 Å². The van der Waals surface area contributed by atoms with Crippen molar-refractivity contribution in [3.05, 3.63) is 30.3 Å². The molecule has 1 aromatic rings. The molecule has 0 saturated carbocycles. The van der Waals surface area contributed by atoms with E-state index in [0.717, 1.165) is 0 Å². The van der Waals surface area contributed by atoms with E-state index >= 15 is 0 Å². The van der Waals surface area contributed by atoms with E-state index in [1.165, 1.54) is 0 Å². The van der Waals surface area contributed by atoms with Gasteiger partial charge in [0.15, 0.2) is 0 Å². The second-order valence-corrected chi connectivity index (χ2v) is 1.50. The van der Waals surface area contributed by atoms with E-state index in [9.17, 15) is 4.79 Å². The first-order valence-electron chi connectivity index (χ1n) is 2.53. The molecular weight excluding hydrogens is 114 g/mol. The van der Waals surface area contributed by atoms with Gasteiger partial charge in [0.1, 0.15) is 0 Å². The summed E-state index contributed by atoms with van der Waals surface area (Å²) in [6, 6.07) is 9.90. The molecule has 2 heteroatoms. The van der Waals surface area contributed by atoms with Crippen LogP contribution in [0.4, 0.5) is 5.69 Å². The lowest BCUT2D eigenvalue weighted by Crippen LogP contribution is -1.91. The maximum atomic E-state index is 9.72. The summed E-state index contributed by atoms with van der Waals surface area (Å²) in [5, 5.41) is 2.35. The van der Waals surface area contributed by atoms with Gasteiger partial charge in [-0.05, 0) is 6.07 Å². The molecule has 0 atom stereocenters. The molecule has 0 aliphatic carbocycles. The fraction of sp³-hybridized carbons (Fsp3) is 0. The van der Waals surface area contributed by atoms with Gasteiger partial charge in [-0.2, -0.15) is 0 Å². The predicted octanol–water partition coefficient (Wildman–Crippen LogP) is 0.966. The van der Waals surface area contributed by atoms with Gasteiger partial charge >= 0.3 is 6.41 Å². The maximum absolute atomic E-state index is 9.72. The van der Waals surface area contributed by atoms with E-state index in [2.05, 4.69) is 11.4 Å². The molecule has 2 nitrogen and oxygen atoms in total. The van der Waals surface area contributed by atoms with Crippen LogP contribution in [0.15, 0.2) is 24.3 Å². The SMILES string of the molecule is O=[C]Nc1[c]cccc1. The monoisotopic (exact) mass is 119 g/mol. The predicted molar refractivity (Wildman–Crippen MR) is 34.6 cm³/mol. The Hall–Kier alpha value is -1.31. The van der Waals surface area contributed by atoms with Crippen LogP contribution in [0.5, 0.6) is 0 Å². The van der Waals surface area contributed by atoms with Crippen molar-refractivity contribution in [1.29, 1.82) is 0 Å². The van der Waals surface area contributed by atoms with Gasteiger partial charge in [-0.15, -0.1) is 0 Å². The maximum Gasteiger partial charge on any atom is 0.314 e. The Labute approximate surface area is 53.5 Å². The smallest absolute Gasteiger partial charge is 0.314 e. The van der Waals surface area contributed by atoms with E-state index in [1.807, 2.05) is 12.1 Å². The lowest BCUT2D eigenvalue weighted by Gasteiger charge is -1.91. The van der Waals surface area contributed by atoms with Crippen LogP contribution in [0.2, 0.25) is 0 Å². The standard InChI is InChI=1S/C7H5NO/c9-6-8-7-4-2-1-3-5-7/h1-4H,(H,8,9). The van der Waals surface area contributed by atoms with Crippen molar-refractivity contribution in [1.82, 2.24) is 0 Å². The minimum Gasteiger partial charge on any atom is -0.317 e. The van der Waals surface area contributed by atoms with Gasteiger partial charge in [-0.1, -0.05) is 18.2 Å². The lowest BCUT2D eigenvalue weighted by molar-refractivity contribution is 0.561. The molecule has 0 aliphatic rings. The number of carbonyl (C=O) groups excluding carboxylic acids is 1. The molecule has 0 bridgehead atoms. The molecule has 1 amide bonds. The second kappa shape index (κ2) is 2.87. The van der Waals surface area contributed by atoms with Gasteiger partial charge in [0.2, 0.25) is 0 Å². The molecule has 0 saturated heterocycles. The Kier molecular flexibility index (Phi) is 1.85. The Morgan fingerprint density at radius 3 is 3.00 bits per heavy atom. The average Bonchev–Trinajstić information content (AvgIpc) is 1.91. The molecule has 0 fully saturated rings. The topological polar surface area (TPSA) is 29.1 Å². The second-order valence-electron chi connectivity index (χ2n) is 1.50. The van der Waals surface area contributed by atoms with E-state index in [-0.39, 0.29) is 0 Å². The Balaban J connectivity index is 2.72. The minimum atomic E-state index is 0.646. The molecule has 2 radical (unpaired) electrons. The van der Waals surface area contributed by atoms with E-state index in [1.54, 1.807) is 18.5 Å². The summed E-state index contributed by atoms with van der Waals surface area (Å²) in [4.78, 5) is 9.72. The molecule has 1 N–H and O–H groups in total. The molecule has 44 valence electrons. The van der Waals surface area contributed by atoms with E-state index < -0.39 is 0 Å². The van der Waals surface area contributed by atoms with Crippen LogP contribution < -0.4 is 5.32 Å². The highest BCUT2D eigenvalue weighted by molar-refractivity contribution is 5.70. The number of anilines is 1. The van der Waals surface area contributed by atoms with Crippen LogP contribution in [0.3, 0.4) is 0 Å². The van der Waals surface area contributed by atoms with E-state index in [4.69, 9.17) is 0 Å². The molecule has 1 aromatic carbocycles. The Morgan fingerprint density at radius 2 is 2.44 bits per heavy atom. The van der Waals surface area contributed by atoms with Crippen molar-refractivity contribution in [2.24, 2.45) is 0 Å². The quantitative estimate of drug-likeness (QED) is 0.577. The zero-order valence-electron chi connectivity index (χ0n) is 4.72. The molecule has 0 heterocycles. The summed E-state index contributed by atoms with van der Waals surface area (Å²) in [6.07, 6.45) is 1.55. The first-order chi connectivity index (χ1) is 4.43. The molecular formula is C7H5NO. The zero-order chi connectivity index (χ0) is 6.53. The normalized spacial score (nSPS) is 8.44. The molecule has 0 aliphatic heterocycles. The fourth-order valence-corrected chi connectivity index (χ4v) is 0.526. The third-order valence-electron chi connectivity index (χ3n) is 0.895. The van der Waals surface area contributed by atoms with Crippen molar-refractivity contribution in [2.45, 2.75) is 0 Å². The fourth-order valence-electron chi connectivity index (χ4n) is 0.526. The van der Waals surface area contributed by atoms with Gasteiger partial charge in [0, 0.05) is 11.8 Å². The summed E-state index contributed by atoms with van der Waals surface area (Å²) in [6.45, 7) is 0. The minimum absolute atomic E-state index is 0.646. The van der Waals surface area contributed by atoms with Crippen molar-refractivity contribution >= 4 is 12.1 Å². The molecule has 0 spiro atoms. The number of hydrogen-bond donors (Lipinski definition) is 1. The third kappa shape index (κ3) is 1.57. The van der Waals surface area contributed by atoms with Gasteiger partial charge < -0.3 is 5.32 Å². The van der Waals surface area contributed by atoms with Gasteiger partial charge in [-0.25, -0.2) is 0 Å². The largest absolute Gasteiger partial charge is 0.317 e. The Bertz CT molecular complexity index is 183. The molecule has 1 rings (SSSR count). The first kappa shape index (κ1) is 5.82. The third-order valence-corrected chi connectivity index (χ3v) is 0.895. The molecule has 0 aromatic heterocycles.